The van der Waals surface area contributed by atoms with Gasteiger partial charge in [-0.3, -0.25) is 9.59 Å². The molecule has 0 aromatic carbocycles. The molecule has 0 N–H and O–H groups in total. The van der Waals surface area contributed by atoms with Crippen molar-refractivity contribution in [2.45, 2.75) is 19.1 Å². The molecule has 0 aliphatic rings. The van der Waals surface area contributed by atoms with E-state index in [-0.39, 0.29) is 5.78 Å². The quantitative estimate of drug-likeness (QED) is 0.481. The molecule has 0 aromatic heterocycles. The van der Waals surface area contributed by atoms with Gasteiger partial charge in [0.15, 0.2) is 11.0 Å². The van der Waals surface area contributed by atoms with Crippen molar-refractivity contribution in [3.05, 3.63) is 0 Å². The molecular weight excluding hydrogens is 214 g/mol. The lowest BCUT2D eigenvalue weighted by atomic mass is 10.3. The van der Waals surface area contributed by atoms with E-state index in [4.69, 9.17) is 4.74 Å². The largest absolute Gasteiger partial charge is 0.465 e. The number of thioether (sulfide) groups is 1. The standard InChI is InChI=1S/C10H19NO3S/c1-5-14-10(13)9(8(2)12)15-7-6-11(3)4/h9H,5-7H2,1-4H3. The normalized spacial score (nSPS) is 12.6. The number of Topliss-reactive ketones (excluding diaryl/α,β-unsaturated/α-hetero) is 1. The summed E-state index contributed by atoms with van der Waals surface area (Å²) in [6.07, 6.45) is 0. The molecule has 0 radical (unpaired) electrons. The summed E-state index contributed by atoms with van der Waals surface area (Å²) in [5, 5.41) is -0.662. The molecule has 0 saturated heterocycles. The first-order valence-electron chi connectivity index (χ1n) is 4.92. The molecule has 0 bridgehead atoms. The Morgan fingerprint density at radius 1 is 1.40 bits per heavy atom. The van der Waals surface area contributed by atoms with Crippen molar-refractivity contribution in [3.63, 3.8) is 0 Å². The first kappa shape index (κ1) is 14.5. The monoisotopic (exact) mass is 233 g/mol. The second kappa shape index (κ2) is 7.70. The average molecular weight is 233 g/mol. The highest BCUT2D eigenvalue weighted by Crippen LogP contribution is 2.13. The van der Waals surface area contributed by atoms with Gasteiger partial charge < -0.3 is 9.64 Å². The van der Waals surface area contributed by atoms with Gasteiger partial charge >= 0.3 is 5.97 Å². The molecule has 0 aliphatic carbocycles. The van der Waals surface area contributed by atoms with Gasteiger partial charge in [-0.25, -0.2) is 0 Å². The third kappa shape index (κ3) is 6.52. The van der Waals surface area contributed by atoms with E-state index in [1.54, 1.807) is 6.92 Å². The van der Waals surface area contributed by atoms with E-state index in [2.05, 4.69) is 0 Å². The topological polar surface area (TPSA) is 46.6 Å². The van der Waals surface area contributed by atoms with Crippen LogP contribution in [0.5, 0.6) is 0 Å². The minimum Gasteiger partial charge on any atom is -0.465 e. The number of esters is 1. The maximum Gasteiger partial charge on any atom is 0.326 e. The molecule has 4 nitrogen and oxygen atoms in total. The first-order chi connectivity index (χ1) is 6.99. The van der Waals surface area contributed by atoms with Gasteiger partial charge in [0.05, 0.1) is 6.61 Å². The fraction of sp³-hybridized carbons (Fsp3) is 0.800. The number of ketones is 1. The summed E-state index contributed by atoms with van der Waals surface area (Å²) in [4.78, 5) is 24.6. The van der Waals surface area contributed by atoms with E-state index in [1.807, 2.05) is 19.0 Å². The van der Waals surface area contributed by atoms with E-state index < -0.39 is 11.2 Å². The van der Waals surface area contributed by atoms with Gasteiger partial charge in [-0.1, -0.05) is 0 Å². The van der Waals surface area contributed by atoms with Crippen LogP contribution in [0.1, 0.15) is 13.8 Å². The summed E-state index contributed by atoms with van der Waals surface area (Å²) in [5.41, 5.74) is 0. The summed E-state index contributed by atoms with van der Waals surface area (Å²) >= 11 is 1.34. The first-order valence-corrected chi connectivity index (χ1v) is 5.97. The van der Waals surface area contributed by atoms with Crippen LogP contribution in [0.25, 0.3) is 0 Å². The number of carbonyl (C=O) groups excluding carboxylic acids is 2. The summed E-state index contributed by atoms with van der Waals surface area (Å²) in [6.45, 7) is 4.31. The highest BCUT2D eigenvalue weighted by Gasteiger charge is 2.24. The van der Waals surface area contributed by atoms with Crippen LogP contribution in [-0.4, -0.2) is 54.9 Å². The summed E-state index contributed by atoms with van der Waals surface area (Å²) < 4.78 is 4.83. The van der Waals surface area contributed by atoms with Crippen LogP contribution in [0, 0.1) is 0 Å². The highest BCUT2D eigenvalue weighted by molar-refractivity contribution is 8.01. The molecule has 0 amide bonds. The molecule has 15 heavy (non-hydrogen) atoms. The molecule has 0 spiro atoms. The number of nitrogens with zero attached hydrogens (tertiary/aromatic N) is 1. The number of hydrogen-bond acceptors (Lipinski definition) is 5. The lowest BCUT2D eigenvalue weighted by molar-refractivity contribution is -0.144. The predicted molar refractivity (Wildman–Crippen MR) is 62.1 cm³/mol. The maximum absolute atomic E-state index is 11.4. The molecular formula is C10H19NO3S. The number of ether oxygens (including phenoxy) is 1. The van der Waals surface area contributed by atoms with Gasteiger partial charge in [0, 0.05) is 12.3 Å². The smallest absolute Gasteiger partial charge is 0.326 e. The summed E-state index contributed by atoms with van der Waals surface area (Å²) in [5.74, 6) is 0.182. The second-order valence-electron chi connectivity index (χ2n) is 3.42. The Hall–Kier alpha value is -0.550. The fourth-order valence-electron chi connectivity index (χ4n) is 0.922. The van der Waals surface area contributed by atoms with E-state index in [1.165, 1.54) is 18.7 Å². The zero-order valence-electron chi connectivity index (χ0n) is 9.78. The van der Waals surface area contributed by atoms with Crippen LogP contribution >= 0.6 is 11.8 Å². The molecule has 0 heterocycles. The van der Waals surface area contributed by atoms with Crippen molar-refractivity contribution < 1.29 is 14.3 Å². The minimum atomic E-state index is -0.662. The van der Waals surface area contributed by atoms with Gasteiger partial charge in [-0.05, 0) is 27.9 Å². The Morgan fingerprint density at radius 3 is 2.40 bits per heavy atom. The van der Waals surface area contributed by atoms with E-state index in [9.17, 15) is 9.59 Å². The van der Waals surface area contributed by atoms with Crippen molar-refractivity contribution in [2.75, 3.05) is 33.0 Å². The zero-order chi connectivity index (χ0) is 11.8. The van der Waals surface area contributed by atoms with Crippen molar-refractivity contribution in [1.29, 1.82) is 0 Å². The van der Waals surface area contributed by atoms with Crippen LogP contribution in [0.4, 0.5) is 0 Å². The Kier molecular flexibility index (Phi) is 7.42. The zero-order valence-corrected chi connectivity index (χ0v) is 10.6. The van der Waals surface area contributed by atoms with Gasteiger partial charge in [-0.2, -0.15) is 0 Å². The Balaban J connectivity index is 4.05. The summed E-state index contributed by atoms with van der Waals surface area (Å²) in [7, 11) is 3.90. The Labute approximate surface area is 95.3 Å². The fourth-order valence-corrected chi connectivity index (χ4v) is 2.07. The predicted octanol–water partition coefficient (Wildman–Crippen LogP) is 0.802. The van der Waals surface area contributed by atoms with Gasteiger partial charge in [0.1, 0.15) is 0 Å². The summed E-state index contributed by atoms with van der Waals surface area (Å²) in [6, 6.07) is 0. The molecule has 1 atom stereocenters. The lowest BCUT2D eigenvalue weighted by Gasteiger charge is -2.14. The molecule has 0 aromatic rings. The minimum absolute atomic E-state index is 0.141. The molecule has 0 fully saturated rings. The van der Waals surface area contributed by atoms with Crippen LogP contribution < -0.4 is 0 Å². The van der Waals surface area contributed by atoms with E-state index >= 15 is 0 Å². The second-order valence-corrected chi connectivity index (χ2v) is 4.63. The third-order valence-electron chi connectivity index (χ3n) is 1.69. The van der Waals surface area contributed by atoms with Gasteiger partial charge in [0.2, 0.25) is 0 Å². The lowest BCUT2D eigenvalue weighted by Crippen LogP contribution is -2.28. The molecule has 0 aliphatic heterocycles. The van der Waals surface area contributed by atoms with Crippen LogP contribution in [0.3, 0.4) is 0 Å². The molecule has 0 rings (SSSR count). The van der Waals surface area contributed by atoms with Crippen molar-refractivity contribution in [1.82, 2.24) is 4.90 Å². The number of hydrogen-bond donors (Lipinski definition) is 0. The molecule has 1 unspecified atom stereocenters. The van der Waals surface area contributed by atoms with Gasteiger partial charge in [-0.15, -0.1) is 11.8 Å². The third-order valence-corrected chi connectivity index (χ3v) is 2.97. The SMILES string of the molecule is CCOC(=O)C(SCCN(C)C)C(C)=O. The van der Waals surface area contributed by atoms with Crippen LogP contribution in [0.15, 0.2) is 0 Å². The van der Waals surface area contributed by atoms with Crippen molar-refractivity contribution in [3.8, 4) is 0 Å². The highest BCUT2D eigenvalue weighted by atomic mass is 32.2. The van der Waals surface area contributed by atoms with Crippen LogP contribution in [0.2, 0.25) is 0 Å². The van der Waals surface area contributed by atoms with Crippen molar-refractivity contribution >= 4 is 23.5 Å². The average Bonchev–Trinajstić information content (AvgIpc) is 2.11. The maximum atomic E-state index is 11.4. The molecule has 0 saturated carbocycles. The van der Waals surface area contributed by atoms with Crippen LogP contribution in [-0.2, 0) is 14.3 Å². The Morgan fingerprint density at radius 2 is 2.00 bits per heavy atom. The number of carbonyl (C=O) groups is 2. The Bertz CT molecular complexity index is 219. The van der Waals surface area contributed by atoms with Crippen molar-refractivity contribution in [2.24, 2.45) is 0 Å². The van der Waals surface area contributed by atoms with E-state index in [0.717, 1.165) is 12.3 Å². The molecule has 5 heteroatoms. The van der Waals surface area contributed by atoms with Gasteiger partial charge in [0.25, 0.3) is 0 Å². The number of rotatable bonds is 7. The van der Waals surface area contributed by atoms with E-state index in [0.29, 0.717) is 6.61 Å². The molecule has 88 valence electrons.